The van der Waals surface area contributed by atoms with Crippen molar-refractivity contribution in [3.63, 3.8) is 0 Å². The molecule has 0 radical (unpaired) electrons. The van der Waals surface area contributed by atoms with Crippen LogP contribution in [0.1, 0.15) is 55.5 Å². The van der Waals surface area contributed by atoms with Gasteiger partial charge in [0.05, 0.1) is 12.1 Å². The Bertz CT molecular complexity index is 753. The highest BCUT2D eigenvalue weighted by Gasteiger charge is 2.36. The summed E-state index contributed by atoms with van der Waals surface area (Å²) in [6.45, 7) is 1.88. The molecule has 1 saturated carbocycles. The first-order chi connectivity index (χ1) is 12.1. The second-order valence-corrected chi connectivity index (χ2v) is 6.56. The first-order valence-corrected chi connectivity index (χ1v) is 8.73. The van der Waals surface area contributed by atoms with E-state index in [2.05, 4.69) is 15.4 Å². The number of hydrogen-bond donors (Lipinski definition) is 2. The van der Waals surface area contributed by atoms with Gasteiger partial charge in [0.25, 0.3) is 5.91 Å². The maximum absolute atomic E-state index is 14.1. The molecule has 0 saturated heterocycles. The van der Waals surface area contributed by atoms with Crippen molar-refractivity contribution in [2.45, 2.75) is 51.0 Å². The van der Waals surface area contributed by atoms with Gasteiger partial charge in [-0.1, -0.05) is 31.9 Å². The van der Waals surface area contributed by atoms with Crippen LogP contribution in [0.15, 0.2) is 24.3 Å². The lowest BCUT2D eigenvalue weighted by atomic mass is 9.99. The monoisotopic (exact) mass is 346 g/mol. The Hall–Kier alpha value is -2.28. The molecule has 134 valence electrons. The normalized spacial score (nSPS) is 16.1. The molecule has 0 aliphatic heterocycles. The average Bonchev–Trinajstić information content (AvgIpc) is 3.24. The molecule has 0 bridgehead atoms. The van der Waals surface area contributed by atoms with Crippen molar-refractivity contribution < 1.29 is 14.3 Å². The van der Waals surface area contributed by atoms with Gasteiger partial charge in [0.1, 0.15) is 17.3 Å². The van der Waals surface area contributed by atoms with E-state index in [1.165, 1.54) is 10.7 Å². The fourth-order valence-electron chi connectivity index (χ4n) is 3.31. The zero-order valence-corrected chi connectivity index (χ0v) is 14.3. The number of halogens is 1. The van der Waals surface area contributed by atoms with Crippen LogP contribution in [0.4, 0.5) is 4.39 Å². The summed E-state index contributed by atoms with van der Waals surface area (Å²) in [5.41, 5.74) is -0.318. The molecule has 25 heavy (non-hydrogen) atoms. The van der Waals surface area contributed by atoms with Crippen LogP contribution in [-0.4, -0.2) is 37.9 Å². The van der Waals surface area contributed by atoms with Gasteiger partial charge >= 0.3 is 0 Å². The van der Waals surface area contributed by atoms with Crippen LogP contribution in [0.5, 0.6) is 0 Å². The largest absolute Gasteiger partial charge is 0.394 e. The lowest BCUT2D eigenvalue weighted by Crippen LogP contribution is -2.49. The van der Waals surface area contributed by atoms with Gasteiger partial charge in [-0.25, -0.2) is 14.1 Å². The molecule has 0 spiro atoms. The summed E-state index contributed by atoms with van der Waals surface area (Å²) in [5, 5.41) is 16.8. The van der Waals surface area contributed by atoms with Gasteiger partial charge < -0.3 is 10.4 Å². The number of carbonyl (C=O) groups excluding carboxylic acids is 1. The zero-order chi connectivity index (χ0) is 17.9. The van der Waals surface area contributed by atoms with Crippen LogP contribution in [0.25, 0.3) is 5.69 Å². The summed E-state index contributed by atoms with van der Waals surface area (Å²) in [6, 6.07) is 6.28. The van der Waals surface area contributed by atoms with Gasteiger partial charge in [-0.15, -0.1) is 5.10 Å². The molecule has 1 fully saturated rings. The van der Waals surface area contributed by atoms with Crippen LogP contribution in [0, 0.1) is 5.82 Å². The van der Waals surface area contributed by atoms with Crippen molar-refractivity contribution in [1.29, 1.82) is 0 Å². The van der Waals surface area contributed by atoms with Gasteiger partial charge in [-0.2, -0.15) is 0 Å². The van der Waals surface area contributed by atoms with Gasteiger partial charge in [0.2, 0.25) is 5.82 Å². The summed E-state index contributed by atoms with van der Waals surface area (Å²) < 4.78 is 15.5. The fraction of sp³-hybridized carbons (Fsp3) is 0.500. The highest BCUT2D eigenvalue weighted by atomic mass is 19.1. The van der Waals surface area contributed by atoms with Gasteiger partial charge in [0.15, 0.2) is 0 Å². The molecule has 6 nitrogen and oxygen atoms in total. The van der Waals surface area contributed by atoms with Crippen molar-refractivity contribution in [3.8, 4) is 5.69 Å². The SMILES string of the molecule is CCCc1nc(C(=O)NC2(CO)CCCC2)nn1-c1ccccc1F. The van der Waals surface area contributed by atoms with Crippen molar-refractivity contribution in [2.24, 2.45) is 0 Å². The summed E-state index contributed by atoms with van der Waals surface area (Å²) >= 11 is 0. The number of hydrogen-bond acceptors (Lipinski definition) is 4. The van der Waals surface area contributed by atoms with E-state index in [9.17, 15) is 14.3 Å². The number of benzene rings is 1. The van der Waals surface area contributed by atoms with E-state index in [1.54, 1.807) is 18.2 Å². The van der Waals surface area contributed by atoms with Gasteiger partial charge in [-0.05, 0) is 31.4 Å². The summed E-state index contributed by atoms with van der Waals surface area (Å²) in [6.07, 6.45) is 4.81. The van der Waals surface area contributed by atoms with Crippen molar-refractivity contribution in [1.82, 2.24) is 20.1 Å². The Morgan fingerprint density at radius 1 is 1.36 bits per heavy atom. The molecular formula is C18H23FN4O2. The first-order valence-electron chi connectivity index (χ1n) is 8.73. The van der Waals surface area contributed by atoms with E-state index in [0.29, 0.717) is 12.2 Å². The standard InChI is InChI=1S/C18H23FN4O2/c1-2-7-15-20-16(17(25)21-18(12-24)10-5-6-11-18)22-23(15)14-9-4-3-8-13(14)19/h3-4,8-9,24H,2,5-7,10-12H2,1H3,(H,21,25). The number of carbonyl (C=O) groups is 1. The highest BCUT2D eigenvalue weighted by molar-refractivity contribution is 5.91. The van der Waals surface area contributed by atoms with E-state index < -0.39 is 17.3 Å². The Labute approximate surface area is 146 Å². The molecule has 1 aromatic heterocycles. The smallest absolute Gasteiger partial charge is 0.291 e. The van der Waals surface area contributed by atoms with Crippen LogP contribution < -0.4 is 5.32 Å². The molecule has 1 aliphatic rings. The van der Waals surface area contributed by atoms with Crippen LogP contribution in [-0.2, 0) is 6.42 Å². The number of nitrogens with one attached hydrogen (secondary N) is 1. The zero-order valence-electron chi connectivity index (χ0n) is 14.3. The number of para-hydroxylation sites is 1. The number of nitrogens with zero attached hydrogens (tertiary/aromatic N) is 3. The Balaban J connectivity index is 1.91. The predicted octanol–water partition coefficient (Wildman–Crippen LogP) is 2.39. The predicted molar refractivity (Wildman–Crippen MR) is 91.1 cm³/mol. The van der Waals surface area contributed by atoms with Gasteiger partial charge in [-0.3, -0.25) is 4.79 Å². The van der Waals surface area contributed by atoms with Crippen LogP contribution >= 0.6 is 0 Å². The average molecular weight is 346 g/mol. The molecule has 1 aliphatic carbocycles. The molecule has 7 heteroatoms. The van der Waals surface area contributed by atoms with Crippen molar-refractivity contribution >= 4 is 5.91 Å². The number of rotatable bonds is 6. The molecule has 2 N–H and O–H groups in total. The van der Waals surface area contributed by atoms with Crippen LogP contribution in [0.2, 0.25) is 0 Å². The Morgan fingerprint density at radius 3 is 2.72 bits per heavy atom. The van der Waals surface area contributed by atoms with E-state index >= 15 is 0 Å². The lowest BCUT2D eigenvalue weighted by Gasteiger charge is -2.27. The Morgan fingerprint density at radius 2 is 2.08 bits per heavy atom. The summed E-state index contributed by atoms with van der Waals surface area (Å²) in [4.78, 5) is 16.9. The molecule has 1 amide bonds. The minimum absolute atomic E-state index is 0.00595. The third-order valence-corrected chi connectivity index (χ3v) is 4.67. The molecular weight excluding hydrogens is 323 g/mol. The minimum Gasteiger partial charge on any atom is -0.394 e. The molecule has 3 rings (SSSR count). The molecule has 0 atom stereocenters. The molecule has 0 unspecified atom stereocenters. The minimum atomic E-state index is -0.592. The van der Waals surface area contributed by atoms with E-state index in [1.807, 2.05) is 6.92 Å². The number of amides is 1. The van der Waals surface area contributed by atoms with Gasteiger partial charge in [0, 0.05) is 6.42 Å². The molecule has 2 aromatic rings. The van der Waals surface area contributed by atoms with E-state index in [4.69, 9.17) is 0 Å². The topological polar surface area (TPSA) is 80.0 Å². The Kier molecular flexibility index (Phi) is 5.13. The second-order valence-electron chi connectivity index (χ2n) is 6.56. The number of aryl methyl sites for hydroxylation is 1. The maximum atomic E-state index is 14.1. The third-order valence-electron chi connectivity index (χ3n) is 4.67. The number of aliphatic hydroxyl groups is 1. The van der Waals surface area contributed by atoms with Crippen molar-refractivity contribution in [3.05, 3.63) is 41.7 Å². The van der Waals surface area contributed by atoms with Crippen molar-refractivity contribution in [2.75, 3.05) is 6.61 Å². The lowest BCUT2D eigenvalue weighted by molar-refractivity contribution is 0.0828. The molecule has 1 aromatic carbocycles. The third kappa shape index (κ3) is 3.56. The fourth-order valence-corrected chi connectivity index (χ4v) is 3.31. The number of aromatic nitrogens is 3. The summed E-state index contributed by atoms with van der Waals surface area (Å²) in [7, 11) is 0. The second kappa shape index (κ2) is 7.31. The van der Waals surface area contributed by atoms with E-state index in [0.717, 1.165) is 32.1 Å². The van der Waals surface area contributed by atoms with Crippen LogP contribution in [0.3, 0.4) is 0 Å². The summed E-state index contributed by atoms with van der Waals surface area (Å²) in [5.74, 6) is -0.295. The quantitative estimate of drug-likeness (QED) is 0.842. The maximum Gasteiger partial charge on any atom is 0.291 e. The van der Waals surface area contributed by atoms with E-state index in [-0.39, 0.29) is 18.1 Å². The highest BCUT2D eigenvalue weighted by Crippen LogP contribution is 2.29. The molecule has 1 heterocycles. The number of aliphatic hydroxyl groups excluding tert-OH is 1. The first kappa shape index (κ1) is 17.5.